The standard InChI is InChI=1S/C18H17Cl2N3S2/c1-12-3-7-15(8-4-12)24-11-17-21-22-18(23(17)2)25-10-13-5-6-14(19)9-16(13)20/h3-9H,10-11H2,1-2H3. The molecule has 0 saturated heterocycles. The summed E-state index contributed by atoms with van der Waals surface area (Å²) in [5.41, 5.74) is 2.30. The van der Waals surface area contributed by atoms with E-state index in [1.807, 2.05) is 23.7 Å². The van der Waals surface area contributed by atoms with E-state index in [1.165, 1.54) is 10.5 Å². The molecule has 0 amide bonds. The first-order valence-electron chi connectivity index (χ1n) is 7.67. The first kappa shape index (κ1) is 18.6. The molecule has 7 heteroatoms. The molecule has 0 aliphatic rings. The molecule has 3 rings (SSSR count). The molecule has 1 aromatic heterocycles. The summed E-state index contributed by atoms with van der Waals surface area (Å²) in [5, 5.41) is 10.8. The molecule has 3 aromatic rings. The van der Waals surface area contributed by atoms with Gasteiger partial charge in [0.15, 0.2) is 5.16 Å². The third-order valence-electron chi connectivity index (χ3n) is 3.69. The second-order valence-electron chi connectivity index (χ2n) is 5.58. The summed E-state index contributed by atoms with van der Waals surface area (Å²) in [7, 11) is 2.00. The highest BCUT2D eigenvalue weighted by Crippen LogP contribution is 2.29. The molecule has 0 N–H and O–H groups in total. The van der Waals surface area contributed by atoms with Crippen molar-refractivity contribution < 1.29 is 0 Å². The van der Waals surface area contributed by atoms with Crippen molar-refractivity contribution in [2.75, 3.05) is 0 Å². The maximum absolute atomic E-state index is 6.23. The SMILES string of the molecule is Cc1ccc(SCc2nnc(SCc3ccc(Cl)cc3Cl)n2C)cc1. The summed E-state index contributed by atoms with van der Waals surface area (Å²) < 4.78 is 2.04. The zero-order valence-electron chi connectivity index (χ0n) is 13.9. The molecule has 0 aliphatic heterocycles. The maximum Gasteiger partial charge on any atom is 0.191 e. The number of halogens is 2. The Morgan fingerprint density at radius 1 is 0.960 bits per heavy atom. The van der Waals surface area contributed by atoms with Crippen molar-refractivity contribution in [3.8, 4) is 0 Å². The molecule has 0 spiro atoms. The Morgan fingerprint density at radius 3 is 2.44 bits per heavy atom. The minimum absolute atomic E-state index is 0.646. The Bertz CT molecular complexity index is 863. The topological polar surface area (TPSA) is 30.7 Å². The van der Waals surface area contributed by atoms with Crippen LogP contribution in [0, 0.1) is 6.92 Å². The minimum Gasteiger partial charge on any atom is -0.308 e. The minimum atomic E-state index is 0.646. The van der Waals surface area contributed by atoms with Crippen LogP contribution in [0.25, 0.3) is 0 Å². The van der Waals surface area contributed by atoms with Gasteiger partial charge in [0.1, 0.15) is 5.82 Å². The van der Waals surface area contributed by atoms with Crippen LogP contribution in [0.2, 0.25) is 10.0 Å². The maximum atomic E-state index is 6.23. The van der Waals surface area contributed by atoms with E-state index in [4.69, 9.17) is 23.2 Å². The van der Waals surface area contributed by atoms with Crippen molar-refractivity contribution >= 4 is 46.7 Å². The second kappa shape index (κ2) is 8.49. The summed E-state index contributed by atoms with van der Waals surface area (Å²) in [5.74, 6) is 2.47. The van der Waals surface area contributed by atoms with E-state index in [2.05, 4.69) is 41.4 Å². The molecule has 0 bridgehead atoms. The van der Waals surface area contributed by atoms with Crippen LogP contribution in [0.3, 0.4) is 0 Å². The number of aromatic nitrogens is 3. The summed E-state index contributed by atoms with van der Waals surface area (Å²) in [6, 6.07) is 14.1. The van der Waals surface area contributed by atoms with Gasteiger partial charge in [-0.3, -0.25) is 0 Å². The molecule has 0 fully saturated rings. The molecular formula is C18H17Cl2N3S2. The van der Waals surface area contributed by atoms with Gasteiger partial charge in [-0.05, 0) is 36.8 Å². The highest BCUT2D eigenvalue weighted by molar-refractivity contribution is 7.98. The van der Waals surface area contributed by atoms with Gasteiger partial charge < -0.3 is 4.57 Å². The van der Waals surface area contributed by atoms with Crippen molar-refractivity contribution in [1.29, 1.82) is 0 Å². The molecule has 25 heavy (non-hydrogen) atoms. The number of hydrogen-bond acceptors (Lipinski definition) is 4. The van der Waals surface area contributed by atoms with E-state index in [-0.39, 0.29) is 0 Å². The number of hydrogen-bond donors (Lipinski definition) is 0. The average molecular weight is 410 g/mol. The lowest BCUT2D eigenvalue weighted by Gasteiger charge is -2.06. The monoisotopic (exact) mass is 409 g/mol. The molecular weight excluding hydrogens is 393 g/mol. The number of rotatable bonds is 6. The number of nitrogens with zero attached hydrogens (tertiary/aromatic N) is 3. The Kier molecular flexibility index (Phi) is 6.34. The van der Waals surface area contributed by atoms with E-state index in [9.17, 15) is 0 Å². The van der Waals surface area contributed by atoms with Crippen LogP contribution < -0.4 is 0 Å². The highest BCUT2D eigenvalue weighted by atomic mass is 35.5. The van der Waals surface area contributed by atoms with E-state index >= 15 is 0 Å². The number of benzene rings is 2. The normalized spacial score (nSPS) is 11.0. The van der Waals surface area contributed by atoms with Crippen LogP contribution in [0.4, 0.5) is 0 Å². The lowest BCUT2D eigenvalue weighted by atomic mass is 10.2. The molecule has 130 valence electrons. The lowest BCUT2D eigenvalue weighted by molar-refractivity contribution is 0.761. The third-order valence-corrected chi connectivity index (χ3v) is 6.35. The summed E-state index contributed by atoms with van der Waals surface area (Å²) >= 11 is 15.5. The van der Waals surface area contributed by atoms with Crippen LogP contribution in [0.1, 0.15) is 17.0 Å². The van der Waals surface area contributed by atoms with Crippen LogP contribution >= 0.6 is 46.7 Å². The van der Waals surface area contributed by atoms with Gasteiger partial charge in [0.05, 0.1) is 5.75 Å². The Hall–Kier alpha value is -1.14. The Balaban J connectivity index is 1.61. The van der Waals surface area contributed by atoms with Gasteiger partial charge in [-0.1, -0.05) is 58.7 Å². The number of aryl methyl sites for hydroxylation is 1. The van der Waals surface area contributed by atoms with E-state index < -0.39 is 0 Å². The van der Waals surface area contributed by atoms with Crippen LogP contribution in [-0.2, 0) is 18.6 Å². The molecule has 0 radical (unpaired) electrons. The highest BCUT2D eigenvalue weighted by Gasteiger charge is 2.11. The van der Waals surface area contributed by atoms with E-state index in [0.29, 0.717) is 10.0 Å². The largest absolute Gasteiger partial charge is 0.308 e. The smallest absolute Gasteiger partial charge is 0.191 e. The molecule has 2 aromatic carbocycles. The van der Waals surface area contributed by atoms with Crippen LogP contribution in [0.5, 0.6) is 0 Å². The fourth-order valence-corrected chi connectivity index (χ4v) is 4.52. The predicted octanol–water partition coefficient (Wildman–Crippen LogP) is 6.01. The van der Waals surface area contributed by atoms with Crippen molar-refractivity contribution in [3.63, 3.8) is 0 Å². The summed E-state index contributed by atoms with van der Waals surface area (Å²) in [6.45, 7) is 2.09. The van der Waals surface area contributed by atoms with Gasteiger partial charge in [-0.15, -0.1) is 22.0 Å². The van der Waals surface area contributed by atoms with Gasteiger partial charge in [0.2, 0.25) is 0 Å². The predicted molar refractivity (Wildman–Crippen MR) is 108 cm³/mol. The van der Waals surface area contributed by atoms with Crippen LogP contribution in [0.15, 0.2) is 52.5 Å². The average Bonchev–Trinajstić information content (AvgIpc) is 2.94. The van der Waals surface area contributed by atoms with E-state index in [1.54, 1.807) is 29.6 Å². The zero-order chi connectivity index (χ0) is 17.8. The number of thioether (sulfide) groups is 2. The van der Waals surface area contributed by atoms with E-state index in [0.717, 1.165) is 28.0 Å². The van der Waals surface area contributed by atoms with Crippen molar-refractivity contribution in [2.24, 2.45) is 7.05 Å². The van der Waals surface area contributed by atoms with Crippen molar-refractivity contribution in [3.05, 3.63) is 69.5 Å². The molecule has 0 aliphatic carbocycles. The second-order valence-corrected chi connectivity index (χ2v) is 8.42. The quantitative estimate of drug-likeness (QED) is 0.466. The first-order valence-corrected chi connectivity index (χ1v) is 10.4. The van der Waals surface area contributed by atoms with Gasteiger partial charge in [-0.2, -0.15) is 0 Å². The Labute approximate surface area is 166 Å². The molecule has 0 saturated carbocycles. The fourth-order valence-electron chi connectivity index (χ4n) is 2.16. The zero-order valence-corrected chi connectivity index (χ0v) is 17.0. The van der Waals surface area contributed by atoms with Gasteiger partial charge in [0, 0.05) is 27.7 Å². The van der Waals surface area contributed by atoms with Crippen molar-refractivity contribution in [2.45, 2.75) is 28.5 Å². The first-order chi connectivity index (χ1) is 12.0. The molecule has 1 heterocycles. The lowest BCUT2D eigenvalue weighted by Crippen LogP contribution is -1.97. The van der Waals surface area contributed by atoms with Crippen LogP contribution in [-0.4, -0.2) is 14.8 Å². The summed E-state index contributed by atoms with van der Waals surface area (Å²) in [4.78, 5) is 1.23. The Morgan fingerprint density at radius 2 is 1.72 bits per heavy atom. The molecule has 3 nitrogen and oxygen atoms in total. The van der Waals surface area contributed by atoms with Crippen molar-refractivity contribution in [1.82, 2.24) is 14.8 Å². The molecule has 0 unspecified atom stereocenters. The van der Waals surface area contributed by atoms with Gasteiger partial charge >= 0.3 is 0 Å². The molecule has 0 atom stereocenters. The van der Waals surface area contributed by atoms with Gasteiger partial charge in [-0.25, -0.2) is 0 Å². The fraction of sp³-hybridized carbons (Fsp3) is 0.222. The summed E-state index contributed by atoms with van der Waals surface area (Å²) in [6.07, 6.45) is 0. The third kappa shape index (κ3) is 4.94. The van der Waals surface area contributed by atoms with Gasteiger partial charge in [0.25, 0.3) is 0 Å².